The van der Waals surface area contributed by atoms with Crippen LogP contribution in [0.2, 0.25) is 0 Å². The van der Waals surface area contributed by atoms with E-state index in [2.05, 4.69) is 0 Å². The Morgan fingerprint density at radius 2 is 1.53 bits per heavy atom. The zero-order valence-electron chi connectivity index (χ0n) is 35.8. The monoisotopic (exact) mass is 874 g/mol. The van der Waals surface area contributed by atoms with Crippen molar-refractivity contribution in [3.63, 3.8) is 0 Å². The Kier molecular flexibility index (Phi) is 9.48. The maximum absolute atomic E-state index is 15.1. The predicted octanol–water partition coefficient (Wildman–Crippen LogP) is 2.33. The summed E-state index contributed by atoms with van der Waals surface area (Å²) in [5.41, 5.74) is -16.6. The van der Waals surface area contributed by atoms with E-state index in [1.165, 1.54) is 39.4 Å². The maximum Gasteiger partial charge on any atom is 0.338 e. The number of methoxy groups -OCH3 is 1. The molecule has 8 rings (SSSR count). The highest BCUT2D eigenvalue weighted by molar-refractivity contribution is 5.92. The van der Waals surface area contributed by atoms with Crippen molar-refractivity contribution >= 4 is 41.8 Å². The first-order valence-corrected chi connectivity index (χ1v) is 20.3. The van der Waals surface area contributed by atoms with Crippen LogP contribution in [0, 0.1) is 28.1 Å². The first kappa shape index (κ1) is 43.6. The summed E-state index contributed by atoms with van der Waals surface area (Å²) in [6.07, 6.45) is -8.01. The van der Waals surface area contributed by atoms with Crippen LogP contribution in [0.25, 0.3) is 0 Å². The van der Waals surface area contributed by atoms with E-state index in [4.69, 9.17) is 51.8 Å². The minimum absolute atomic E-state index is 0.126. The lowest BCUT2D eigenvalue weighted by molar-refractivity contribution is -0.497. The zero-order chi connectivity index (χ0) is 45.5. The van der Waals surface area contributed by atoms with E-state index in [0.717, 1.165) is 41.7 Å². The van der Waals surface area contributed by atoms with Gasteiger partial charge in [-0.1, -0.05) is 20.8 Å². The average molecular weight is 875 g/mol. The summed E-state index contributed by atoms with van der Waals surface area (Å²) in [5.74, 6) is -12.8. The van der Waals surface area contributed by atoms with Crippen LogP contribution in [0.15, 0.2) is 34.3 Å². The Morgan fingerprint density at radius 3 is 2.08 bits per heavy atom. The second-order valence-corrected chi connectivity index (χ2v) is 18.0. The second kappa shape index (κ2) is 13.5. The molecule has 1 unspecified atom stereocenters. The maximum atomic E-state index is 15.1. The van der Waals surface area contributed by atoms with Crippen molar-refractivity contribution in [3.05, 3.63) is 35.5 Å². The third-order valence-electron chi connectivity index (χ3n) is 14.9. The highest BCUT2D eigenvalue weighted by Gasteiger charge is 3.08. The van der Waals surface area contributed by atoms with Gasteiger partial charge in [-0.2, -0.15) is 0 Å². The molecule has 3 spiro atoms. The minimum Gasteiger partial charge on any atom is -0.512 e. The number of furan rings is 1. The van der Waals surface area contributed by atoms with Gasteiger partial charge in [-0.3, -0.25) is 28.8 Å². The first-order chi connectivity index (χ1) is 28.9. The molecule has 0 aromatic carbocycles. The molecule has 4 saturated carbocycles. The van der Waals surface area contributed by atoms with Crippen molar-refractivity contribution in [2.24, 2.45) is 28.1 Å². The fraction of sp³-hybridized carbons (Fsp3) is 0.690. The Balaban J connectivity index is 1.64. The molecule has 1 aromatic rings. The highest BCUT2D eigenvalue weighted by atomic mass is 16.9. The summed E-state index contributed by atoms with van der Waals surface area (Å²) >= 11 is 0. The summed E-state index contributed by atoms with van der Waals surface area (Å²) in [7, 11) is 1.13. The van der Waals surface area contributed by atoms with Gasteiger partial charge in [-0.25, -0.2) is 4.79 Å². The highest BCUT2D eigenvalue weighted by Crippen LogP contribution is 2.90. The molecule has 1 aromatic heterocycles. The fourth-order valence-electron chi connectivity index (χ4n) is 13.7. The predicted molar refractivity (Wildman–Crippen MR) is 198 cm³/mol. The number of hydrogen-bond donors (Lipinski definition) is 2. The molecule has 62 heavy (non-hydrogen) atoms. The number of fused-ring (bicyclic) bond motifs is 3. The standard InChI is InChI=1S/C42H50O20/c1-11-24(48)27-28-36(8,29(55-19(3)44)23-12-13-53-15-23)30(56-20(4)45)31(57-21(5)46)42-38(17-54-18(2)43)25(14-26(49)52-10)35(7)16-39(38)40(51,33(35)58-22(6)47)34(59-32(27)50)41(28,42)61-37(9,60-39)62-42/h12-13,15,25,28-31,33-34,48,51H,11,14,16-17H2,1-10H3/t25-,28+,29-,30-,31+,33-,34+,35-,36+,37?,38+,39+,40-,41+,42-/m0/s1. The molecule has 0 amide bonds. The van der Waals surface area contributed by atoms with Gasteiger partial charge >= 0.3 is 41.8 Å². The quantitative estimate of drug-likeness (QED) is 0.140. The van der Waals surface area contributed by atoms with Crippen molar-refractivity contribution in [1.29, 1.82) is 0 Å². The molecule has 7 aliphatic rings. The van der Waals surface area contributed by atoms with E-state index in [1.54, 1.807) is 6.92 Å². The normalized spacial score (nSPS) is 44.9. The largest absolute Gasteiger partial charge is 0.512 e. The van der Waals surface area contributed by atoms with Gasteiger partial charge in [-0.15, -0.1) is 0 Å². The van der Waals surface area contributed by atoms with Crippen molar-refractivity contribution in [2.75, 3.05) is 13.7 Å². The molecule has 3 saturated heterocycles. The Labute approximate surface area is 354 Å². The fourth-order valence-corrected chi connectivity index (χ4v) is 13.7. The van der Waals surface area contributed by atoms with Crippen molar-refractivity contribution < 1.29 is 95.6 Å². The molecule has 20 nitrogen and oxygen atoms in total. The molecule has 20 heteroatoms. The number of esters is 7. The van der Waals surface area contributed by atoms with E-state index in [9.17, 15) is 39.0 Å². The van der Waals surface area contributed by atoms with Crippen LogP contribution in [0.5, 0.6) is 0 Å². The molecule has 0 radical (unpaired) electrons. The minimum atomic E-state index is -2.74. The van der Waals surface area contributed by atoms with Gasteiger partial charge < -0.3 is 62.0 Å². The second-order valence-electron chi connectivity index (χ2n) is 18.0. The van der Waals surface area contributed by atoms with Crippen molar-refractivity contribution in [2.45, 2.75) is 140 Å². The Hall–Kier alpha value is -5.05. The molecular weight excluding hydrogens is 824 g/mol. The molecule has 4 aliphatic carbocycles. The van der Waals surface area contributed by atoms with Gasteiger partial charge in [-0.05, 0) is 18.4 Å². The van der Waals surface area contributed by atoms with E-state index in [1.807, 2.05) is 0 Å². The van der Waals surface area contributed by atoms with E-state index >= 15 is 4.79 Å². The summed E-state index contributed by atoms with van der Waals surface area (Å²) in [6, 6.07) is 1.43. The zero-order valence-corrected chi connectivity index (χ0v) is 35.8. The van der Waals surface area contributed by atoms with Crippen LogP contribution in [0.1, 0.15) is 93.2 Å². The molecule has 3 aliphatic heterocycles. The molecule has 338 valence electrons. The molecular formula is C42H50O20. The van der Waals surface area contributed by atoms with E-state index in [0.29, 0.717) is 0 Å². The van der Waals surface area contributed by atoms with Gasteiger partial charge in [0, 0.05) is 71.3 Å². The number of carbonyl (C=O) groups is 7. The van der Waals surface area contributed by atoms with Gasteiger partial charge in [0.2, 0.25) is 0 Å². The average Bonchev–Trinajstić information content (AvgIpc) is 3.87. The number of allylic oxidation sites excluding steroid dienone is 1. The molecule has 4 heterocycles. The third kappa shape index (κ3) is 4.83. The third-order valence-corrected chi connectivity index (χ3v) is 14.9. The molecule has 15 atom stereocenters. The van der Waals surface area contributed by atoms with E-state index in [-0.39, 0.29) is 18.4 Å². The summed E-state index contributed by atoms with van der Waals surface area (Å²) in [4.78, 5) is 96.2. The lowest BCUT2D eigenvalue weighted by Gasteiger charge is -2.78. The first-order valence-electron chi connectivity index (χ1n) is 20.3. The molecule has 2 N–H and O–H groups in total. The number of aliphatic hydroxyl groups excluding tert-OH is 1. The van der Waals surface area contributed by atoms with Crippen LogP contribution < -0.4 is 0 Å². The van der Waals surface area contributed by atoms with Crippen LogP contribution in [-0.4, -0.2) is 119 Å². The lowest BCUT2D eigenvalue weighted by Crippen LogP contribution is -2.99. The number of hydrogen-bond acceptors (Lipinski definition) is 20. The van der Waals surface area contributed by atoms with E-state index < -0.39 is 153 Å². The topological polar surface area (TPSA) is 265 Å². The smallest absolute Gasteiger partial charge is 0.338 e. The number of aliphatic hydroxyl groups is 2. The van der Waals surface area contributed by atoms with Crippen molar-refractivity contribution in [3.8, 4) is 0 Å². The van der Waals surface area contributed by atoms with Crippen molar-refractivity contribution in [1.82, 2.24) is 0 Å². The van der Waals surface area contributed by atoms with Gasteiger partial charge in [0.15, 0.2) is 35.1 Å². The molecule has 4 bridgehead atoms. The van der Waals surface area contributed by atoms with Crippen LogP contribution in [0.3, 0.4) is 0 Å². The Morgan fingerprint density at radius 1 is 0.887 bits per heavy atom. The van der Waals surface area contributed by atoms with Crippen LogP contribution >= 0.6 is 0 Å². The summed E-state index contributed by atoms with van der Waals surface area (Å²) < 4.78 is 69.4. The number of carbonyl (C=O) groups excluding carboxylic acids is 7. The lowest BCUT2D eigenvalue weighted by atomic mass is 9.31. The van der Waals surface area contributed by atoms with Crippen LogP contribution in [0.4, 0.5) is 0 Å². The summed E-state index contributed by atoms with van der Waals surface area (Å²) in [6.45, 7) is 10.5. The summed E-state index contributed by atoms with van der Waals surface area (Å²) in [5, 5.41) is 26.2. The Bertz CT molecular complexity index is 2200. The van der Waals surface area contributed by atoms with Gasteiger partial charge in [0.1, 0.15) is 30.2 Å². The molecule has 7 fully saturated rings. The number of rotatable bonds is 11. The number of ether oxygens (including phenoxy) is 10. The SMILES string of the molecule is CCC(O)=C1C(=O)O[C@@H]2[C@@]3(O)[C@@H](OC(C)=O)[C@@]4(C)C[C@]35OC3(C)O[C@]26[C@H]1[C@](C)([C@@H](OC(C)=O)c1ccoc1)[C@@H](OC(C)=O)[C@@H](OC(C)=O)[C@]6(O3)[C@]5(COC(C)=O)[C@H]4CC(=O)OC. The van der Waals surface area contributed by atoms with Gasteiger partial charge in [0.25, 0.3) is 5.97 Å². The van der Waals surface area contributed by atoms with Crippen LogP contribution in [-0.2, 0) is 80.9 Å². The van der Waals surface area contributed by atoms with Gasteiger partial charge in [0.05, 0.1) is 36.0 Å².